The third kappa shape index (κ3) is 6.90. The SMILES string of the molecule is CCCCN(C)C(=O)C1CCN(CC(=O)NC(C)C(C)C)CC1. The molecule has 0 bridgehead atoms. The fourth-order valence-electron chi connectivity index (χ4n) is 2.82. The molecule has 0 spiro atoms. The van der Waals surface area contributed by atoms with Gasteiger partial charge < -0.3 is 10.2 Å². The van der Waals surface area contributed by atoms with Crippen molar-refractivity contribution in [2.75, 3.05) is 33.2 Å². The summed E-state index contributed by atoms with van der Waals surface area (Å²) < 4.78 is 0. The van der Waals surface area contributed by atoms with Gasteiger partial charge in [-0.1, -0.05) is 27.2 Å². The molecule has 1 N–H and O–H groups in total. The predicted octanol–water partition coefficient (Wildman–Crippen LogP) is 2.12. The van der Waals surface area contributed by atoms with Gasteiger partial charge in [0.15, 0.2) is 0 Å². The quantitative estimate of drug-likeness (QED) is 0.744. The Morgan fingerprint density at radius 1 is 1.22 bits per heavy atom. The summed E-state index contributed by atoms with van der Waals surface area (Å²) in [4.78, 5) is 28.5. The van der Waals surface area contributed by atoms with E-state index in [2.05, 4.69) is 31.0 Å². The van der Waals surface area contributed by atoms with Gasteiger partial charge in [0.25, 0.3) is 0 Å². The zero-order valence-corrected chi connectivity index (χ0v) is 15.6. The molecule has 1 unspecified atom stereocenters. The van der Waals surface area contributed by atoms with Crippen LogP contribution < -0.4 is 5.32 Å². The molecule has 0 aliphatic carbocycles. The van der Waals surface area contributed by atoms with Crippen molar-refractivity contribution in [2.45, 2.75) is 59.4 Å². The fourth-order valence-corrected chi connectivity index (χ4v) is 2.82. The lowest BCUT2D eigenvalue weighted by atomic mass is 9.95. The number of piperidine rings is 1. The molecule has 0 aromatic carbocycles. The minimum Gasteiger partial charge on any atom is -0.352 e. The third-order valence-corrected chi connectivity index (χ3v) is 4.92. The number of likely N-dealkylation sites (tertiary alicyclic amines) is 1. The smallest absolute Gasteiger partial charge is 0.234 e. The number of carbonyl (C=O) groups excluding carboxylic acids is 2. The number of amides is 2. The van der Waals surface area contributed by atoms with E-state index >= 15 is 0 Å². The first-order valence-electron chi connectivity index (χ1n) is 9.11. The molecular weight excluding hydrogens is 290 g/mol. The molecule has 0 aromatic heterocycles. The molecule has 23 heavy (non-hydrogen) atoms. The van der Waals surface area contributed by atoms with E-state index in [-0.39, 0.29) is 23.8 Å². The summed E-state index contributed by atoms with van der Waals surface area (Å²) in [5, 5.41) is 3.05. The topological polar surface area (TPSA) is 52.7 Å². The van der Waals surface area contributed by atoms with Gasteiger partial charge in [0, 0.05) is 25.6 Å². The average molecular weight is 325 g/mol. The molecule has 0 saturated carbocycles. The van der Waals surface area contributed by atoms with Crippen molar-refractivity contribution in [1.29, 1.82) is 0 Å². The number of carbonyl (C=O) groups is 2. The summed E-state index contributed by atoms with van der Waals surface area (Å²) >= 11 is 0. The molecule has 134 valence electrons. The van der Waals surface area contributed by atoms with Crippen molar-refractivity contribution in [1.82, 2.24) is 15.1 Å². The van der Waals surface area contributed by atoms with Crippen LogP contribution in [0.25, 0.3) is 0 Å². The second-order valence-electron chi connectivity index (χ2n) is 7.26. The first-order valence-corrected chi connectivity index (χ1v) is 9.11. The number of unbranched alkanes of at least 4 members (excludes halogenated alkanes) is 1. The summed E-state index contributed by atoms with van der Waals surface area (Å²) in [6.45, 7) is 11.4. The van der Waals surface area contributed by atoms with Crippen molar-refractivity contribution in [2.24, 2.45) is 11.8 Å². The lowest BCUT2D eigenvalue weighted by molar-refractivity contribution is -0.135. The standard InChI is InChI=1S/C18H35N3O2/c1-6-7-10-20(5)18(23)16-8-11-21(12-9-16)13-17(22)19-15(4)14(2)3/h14-16H,6-13H2,1-5H3,(H,19,22). The van der Waals surface area contributed by atoms with E-state index in [0.717, 1.165) is 45.3 Å². The van der Waals surface area contributed by atoms with Crippen molar-refractivity contribution < 1.29 is 9.59 Å². The molecule has 1 aliphatic rings. The van der Waals surface area contributed by atoms with Crippen molar-refractivity contribution in [3.05, 3.63) is 0 Å². The van der Waals surface area contributed by atoms with E-state index in [9.17, 15) is 9.59 Å². The Hall–Kier alpha value is -1.10. The lowest BCUT2D eigenvalue weighted by Crippen LogP contribution is -2.47. The summed E-state index contributed by atoms with van der Waals surface area (Å²) in [5.41, 5.74) is 0. The van der Waals surface area contributed by atoms with Crippen molar-refractivity contribution in [3.8, 4) is 0 Å². The Labute approximate surface area is 141 Å². The average Bonchev–Trinajstić information content (AvgIpc) is 2.52. The third-order valence-electron chi connectivity index (χ3n) is 4.92. The molecule has 1 aliphatic heterocycles. The fraction of sp³-hybridized carbons (Fsp3) is 0.889. The molecule has 1 atom stereocenters. The predicted molar refractivity (Wildman–Crippen MR) is 94.2 cm³/mol. The second-order valence-corrected chi connectivity index (χ2v) is 7.26. The highest BCUT2D eigenvalue weighted by molar-refractivity contribution is 5.79. The second kappa shape index (κ2) is 9.91. The molecule has 5 nitrogen and oxygen atoms in total. The van der Waals surface area contributed by atoms with E-state index in [1.807, 2.05) is 18.9 Å². The van der Waals surface area contributed by atoms with Crippen LogP contribution in [0.1, 0.15) is 53.4 Å². The Morgan fingerprint density at radius 2 is 1.83 bits per heavy atom. The van der Waals surface area contributed by atoms with Crippen LogP contribution >= 0.6 is 0 Å². The summed E-state index contributed by atoms with van der Waals surface area (Å²) in [7, 11) is 1.91. The van der Waals surface area contributed by atoms with Crippen LogP contribution in [0.15, 0.2) is 0 Å². The molecule has 1 heterocycles. The molecule has 5 heteroatoms. The van der Waals surface area contributed by atoms with Gasteiger partial charge in [0.2, 0.25) is 11.8 Å². The summed E-state index contributed by atoms with van der Waals surface area (Å²) in [6, 6.07) is 0.203. The summed E-state index contributed by atoms with van der Waals surface area (Å²) in [6.07, 6.45) is 3.90. The Bertz CT molecular complexity index is 376. The molecule has 2 amide bonds. The number of hydrogen-bond acceptors (Lipinski definition) is 3. The minimum atomic E-state index is 0.0936. The van der Waals surface area contributed by atoms with Crippen LogP contribution in [0.5, 0.6) is 0 Å². The Morgan fingerprint density at radius 3 is 2.35 bits per heavy atom. The maximum atomic E-state index is 12.4. The number of nitrogens with zero attached hydrogens (tertiary/aromatic N) is 2. The van der Waals surface area contributed by atoms with Crippen LogP contribution in [-0.4, -0.2) is 60.9 Å². The van der Waals surface area contributed by atoms with Crippen molar-refractivity contribution >= 4 is 11.8 Å². The zero-order valence-electron chi connectivity index (χ0n) is 15.6. The largest absolute Gasteiger partial charge is 0.352 e. The Kier molecular flexibility index (Phi) is 8.59. The van der Waals surface area contributed by atoms with Crippen LogP contribution in [0.4, 0.5) is 0 Å². The van der Waals surface area contributed by atoms with Gasteiger partial charge in [-0.15, -0.1) is 0 Å². The van der Waals surface area contributed by atoms with Gasteiger partial charge in [-0.2, -0.15) is 0 Å². The highest BCUT2D eigenvalue weighted by Gasteiger charge is 2.27. The van der Waals surface area contributed by atoms with E-state index < -0.39 is 0 Å². The molecule has 0 aromatic rings. The highest BCUT2D eigenvalue weighted by atomic mass is 16.2. The van der Waals surface area contributed by atoms with E-state index in [1.165, 1.54) is 0 Å². The van der Waals surface area contributed by atoms with Crippen LogP contribution in [0, 0.1) is 11.8 Å². The van der Waals surface area contributed by atoms with Crippen molar-refractivity contribution in [3.63, 3.8) is 0 Å². The molecular formula is C18H35N3O2. The summed E-state index contributed by atoms with van der Waals surface area (Å²) in [5.74, 6) is 0.943. The van der Waals surface area contributed by atoms with Gasteiger partial charge in [0.1, 0.15) is 0 Å². The maximum Gasteiger partial charge on any atom is 0.234 e. The molecule has 1 fully saturated rings. The first kappa shape index (κ1) is 19.9. The van der Waals surface area contributed by atoms with Crippen LogP contribution in [0.3, 0.4) is 0 Å². The highest BCUT2D eigenvalue weighted by Crippen LogP contribution is 2.19. The zero-order chi connectivity index (χ0) is 17.4. The lowest BCUT2D eigenvalue weighted by Gasteiger charge is -2.33. The molecule has 1 saturated heterocycles. The van der Waals surface area contributed by atoms with E-state index in [0.29, 0.717) is 12.5 Å². The first-order chi connectivity index (χ1) is 10.8. The number of nitrogens with one attached hydrogen (secondary N) is 1. The van der Waals surface area contributed by atoms with Crippen LogP contribution in [0.2, 0.25) is 0 Å². The maximum absolute atomic E-state index is 12.4. The normalized spacial score (nSPS) is 18.0. The van der Waals surface area contributed by atoms with Gasteiger partial charge >= 0.3 is 0 Å². The van der Waals surface area contributed by atoms with Gasteiger partial charge in [-0.3, -0.25) is 14.5 Å². The Balaban J connectivity index is 2.32. The monoisotopic (exact) mass is 325 g/mol. The number of rotatable bonds is 8. The molecule has 0 radical (unpaired) electrons. The van der Waals surface area contributed by atoms with Gasteiger partial charge in [-0.05, 0) is 45.2 Å². The van der Waals surface area contributed by atoms with E-state index in [4.69, 9.17) is 0 Å². The van der Waals surface area contributed by atoms with Gasteiger partial charge in [0.05, 0.1) is 6.54 Å². The number of hydrogen-bond donors (Lipinski definition) is 1. The minimum absolute atomic E-state index is 0.0936. The van der Waals surface area contributed by atoms with E-state index in [1.54, 1.807) is 0 Å². The van der Waals surface area contributed by atoms with Gasteiger partial charge in [-0.25, -0.2) is 0 Å². The molecule has 1 rings (SSSR count). The van der Waals surface area contributed by atoms with Crippen LogP contribution in [-0.2, 0) is 9.59 Å².